The molecule has 0 bridgehead atoms. The molecule has 0 saturated heterocycles. The van der Waals surface area contributed by atoms with Gasteiger partial charge in [0.05, 0.1) is 19.3 Å². The number of nitrogens with zero attached hydrogens (tertiary/aromatic N) is 2. The van der Waals surface area contributed by atoms with E-state index in [1.807, 2.05) is 0 Å². The van der Waals surface area contributed by atoms with Gasteiger partial charge in [-0.3, -0.25) is 14.0 Å². The van der Waals surface area contributed by atoms with Gasteiger partial charge in [-0.15, -0.1) is 0 Å². The first-order valence-corrected chi connectivity index (χ1v) is 8.65. The molecule has 6 nitrogen and oxygen atoms in total. The van der Waals surface area contributed by atoms with E-state index in [9.17, 15) is 14.0 Å². The first-order chi connectivity index (χ1) is 13.1. The van der Waals surface area contributed by atoms with Crippen molar-refractivity contribution in [3.8, 4) is 5.75 Å². The highest BCUT2D eigenvalue weighted by Gasteiger charge is 2.44. The van der Waals surface area contributed by atoms with Gasteiger partial charge in [0, 0.05) is 18.2 Å². The van der Waals surface area contributed by atoms with Crippen molar-refractivity contribution in [2.45, 2.75) is 18.9 Å². The molecule has 1 aromatic carbocycles. The number of rotatable bonds is 5. The molecule has 1 aliphatic rings. The van der Waals surface area contributed by atoms with E-state index in [1.54, 1.807) is 36.5 Å². The van der Waals surface area contributed by atoms with Crippen LogP contribution in [-0.2, 0) is 11.3 Å². The Morgan fingerprint density at radius 3 is 3.00 bits per heavy atom. The fraction of sp³-hybridized carbons (Fsp3) is 0.250. The summed E-state index contributed by atoms with van der Waals surface area (Å²) in [7, 11) is 1.42. The van der Waals surface area contributed by atoms with Crippen LogP contribution in [0, 0.1) is 11.7 Å². The number of halogens is 1. The monoisotopic (exact) mass is 367 g/mol. The van der Waals surface area contributed by atoms with Crippen molar-refractivity contribution in [3.63, 3.8) is 0 Å². The van der Waals surface area contributed by atoms with Gasteiger partial charge in [-0.1, -0.05) is 12.1 Å². The molecule has 0 unspecified atom stereocenters. The highest BCUT2D eigenvalue weighted by molar-refractivity contribution is 5.82. The van der Waals surface area contributed by atoms with Crippen molar-refractivity contribution >= 4 is 11.6 Å². The predicted octanol–water partition coefficient (Wildman–Crippen LogP) is 2.26. The molecule has 7 heteroatoms. The van der Waals surface area contributed by atoms with E-state index >= 15 is 0 Å². The topological polar surface area (TPSA) is 72.7 Å². The van der Waals surface area contributed by atoms with Gasteiger partial charge in [0.25, 0.3) is 5.56 Å². The van der Waals surface area contributed by atoms with Crippen molar-refractivity contribution in [1.29, 1.82) is 0 Å². The molecule has 0 radical (unpaired) electrons. The summed E-state index contributed by atoms with van der Waals surface area (Å²) in [5, 5.41) is 2.84. The zero-order valence-electron chi connectivity index (χ0n) is 14.7. The zero-order valence-corrected chi connectivity index (χ0v) is 14.7. The number of carbonyl (C=O) groups is 1. The minimum Gasteiger partial charge on any atom is -0.494 e. The second-order valence-electron chi connectivity index (χ2n) is 6.58. The predicted molar refractivity (Wildman–Crippen MR) is 97.1 cm³/mol. The van der Waals surface area contributed by atoms with Gasteiger partial charge in [0.15, 0.2) is 11.6 Å². The average molecular weight is 367 g/mol. The number of hydrogen-bond donors (Lipinski definition) is 1. The highest BCUT2D eigenvalue weighted by Crippen LogP contribution is 2.48. The molecule has 2 atom stereocenters. The lowest BCUT2D eigenvalue weighted by atomic mass is 10.1. The first-order valence-electron chi connectivity index (χ1n) is 8.65. The number of ether oxygens (including phenoxy) is 1. The number of methoxy groups -OCH3 is 1. The van der Waals surface area contributed by atoms with E-state index in [4.69, 9.17) is 4.74 Å². The zero-order chi connectivity index (χ0) is 19.0. The van der Waals surface area contributed by atoms with Gasteiger partial charge in [0.2, 0.25) is 5.91 Å². The summed E-state index contributed by atoms with van der Waals surface area (Å²) in [6, 6.07) is 11.4. The number of benzene rings is 1. The normalized spacial score (nSPS) is 18.3. The van der Waals surface area contributed by atoms with Gasteiger partial charge in [0.1, 0.15) is 5.65 Å². The maximum absolute atomic E-state index is 13.5. The summed E-state index contributed by atoms with van der Waals surface area (Å²) in [5.74, 6) is -0.453. The number of carbonyl (C=O) groups excluding carboxylic acids is 1. The third-order valence-corrected chi connectivity index (χ3v) is 4.80. The molecule has 0 aliphatic heterocycles. The Morgan fingerprint density at radius 1 is 1.33 bits per heavy atom. The smallest absolute Gasteiger partial charge is 0.258 e. The maximum Gasteiger partial charge on any atom is 0.258 e. The van der Waals surface area contributed by atoms with Crippen LogP contribution >= 0.6 is 0 Å². The molecule has 2 aromatic heterocycles. The molecular formula is C20H18FN3O3. The standard InChI is InChI=1S/C20H18FN3O3/c1-27-17-8-12(5-6-16(17)21)14-10-15(14)20(26)22-11-13-9-19(25)24-7-3-2-4-18(24)23-13/h2-9,14-15H,10-11H2,1H3,(H,22,26)/t14-,15+/m0/s1. The average Bonchev–Trinajstić information content (AvgIpc) is 3.47. The minimum atomic E-state index is -0.420. The summed E-state index contributed by atoms with van der Waals surface area (Å²) in [4.78, 5) is 28.9. The van der Waals surface area contributed by atoms with Crippen LogP contribution in [0.15, 0.2) is 53.5 Å². The Labute approximate surface area is 154 Å². The Morgan fingerprint density at radius 2 is 2.19 bits per heavy atom. The Hall–Kier alpha value is -3.22. The van der Waals surface area contributed by atoms with Crippen molar-refractivity contribution in [2.75, 3.05) is 7.11 Å². The fourth-order valence-electron chi connectivity index (χ4n) is 3.26. The van der Waals surface area contributed by atoms with Crippen LogP contribution in [0.3, 0.4) is 0 Å². The van der Waals surface area contributed by atoms with Crippen molar-refractivity contribution in [1.82, 2.24) is 14.7 Å². The first kappa shape index (κ1) is 17.2. The molecule has 138 valence electrons. The van der Waals surface area contributed by atoms with Gasteiger partial charge in [-0.25, -0.2) is 9.37 Å². The molecular weight excluding hydrogens is 349 g/mol. The Kier molecular flexibility index (Phi) is 4.35. The second kappa shape index (κ2) is 6.83. The Balaban J connectivity index is 1.42. The van der Waals surface area contributed by atoms with Crippen molar-refractivity contribution < 1.29 is 13.9 Å². The van der Waals surface area contributed by atoms with Gasteiger partial charge in [-0.2, -0.15) is 0 Å². The van der Waals surface area contributed by atoms with E-state index in [-0.39, 0.29) is 35.6 Å². The van der Waals surface area contributed by atoms with E-state index in [0.717, 1.165) is 5.56 Å². The largest absolute Gasteiger partial charge is 0.494 e. The van der Waals surface area contributed by atoms with Crippen LogP contribution < -0.4 is 15.6 Å². The lowest BCUT2D eigenvalue weighted by molar-refractivity contribution is -0.122. The van der Waals surface area contributed by atoms with Crippen LogP contribution in [0.4, 0.5) is 4.39 Å². The molecule has 2 heterocycles. The number of pyridine rings is 1. The van der Waals surface area contributed by atoms with E-state index < -0.39 is 5.82 Å². The summed E-state index contributed by atoms with van der Waals surface area (Å²) in [5.41, 5.74) is 1.75. The molecule has 3 aromatic rings. The Bertz CT molecular complexity index is 1080. The molecule has 1 amide bonds. The van der Waals surface area contributed by atoms with Gasteiger partial charge >= 0.3 is 0 Å². The van der Waals surface area contributed by atoms with Gasteiger partial charge in [-0.05, 0) is 42.2 Å². The summed E-state index contributed by atoms with van der Waals surface area (Å²) in [6.07, 6.45) is 2.35. The molecule has 1 fully saturated rings. The van der Waals surface area contributed by atoms with Crippen LogP contribution in [0.2, 0.25) is 0 Å². The minimum absolute atomic E-state index is 0.0506. The van der Waals surface area contributed by atoms with E-state index in [0.29, 0.717) is 17.8 Å². The number of nitrogens with one attached hydrogen (secondary N) is 1. The highest BCUT2D eigenvalue weighted by atomic mass is 19.1. The molecule has 1 saturated carbocycles. The third-order valence-electron chi connectivity index (χ3n) is 4.80. The molecule has 0 spiro atoms. The lowest BCUT2D eigenvalue weighted by Crippen LogP contribution is -2.26. The number of hydrogen-bond acceptors (Lipinski definition) is 4. The lowest BCUT2D eigenvalue weighted by Gasteiger charge is -2.07. The molecule has 4 rings (SSSR count). The number of amides is 1. The summed E-state index contributed by atoms with van der Waals surface area (Å²) < 4.78 is 20.0. The van der Waals surface area contributed by atoms with Crippen LogP contribution in [-0.4, -0.2) is 22.4 Å². The molecule has 27 heavy (non-hydrogen) atoms. The number of aromatic nitrogens is 2. The van der Waals surface area contributed by atoms with Crippen molar-refractivity contribution in [2.24, 2.45) is 5.92 Å². The van der Waals surface area contributed by atoms with Crippen LogP contribution in [0.1, 0.15) is 23.6 Å². The van der Waals surface area contributed by atoms with E-state index in [1.165, 1.54) is 23.6 Å². The second-order valence-corrected chi connectivity index (χ2v) is 6.58. The van der Waals surface area contributed by atoms with E-state index in [2.05, 4.69) is 10.3 Å². The summed E-state index contributed by atoms with van der Waals surface area (Å²) >= 11 is 0. The SMILES string of the molecule is COc1cc([C@@H]2C[C@H]2C(=O)NCc2cc(=O)n3ccccc3n2)ccc1F. The number of fused-ring (bicyclic) bond motifs is 1. The fourth-order valence-corrected chi connectivity index (χ4v) is 3.26. The maximum atomic E-state index is 13.5. The molecule has 1 aliphatic carbocycles. The molecule has 1 N–H and O–H groups in total. The summed E-state index contributed by atoms with van der Waals surface area (Å²) in [6.45, 7) is 0.190. The van der Waals surface area contributed by atoms with Gasteiger partial charge < -0.3 is 10.1 Å². The van der Waals surface area contributed by atoms with Crippen LogP contribution in [0.25, 0.3) is 5.65 Å². The van der Waals surface area contributed by atoms with Crippen LogP contribution in [0.5, 0.6) is 5.75 Å². The third kappa shape index (κ3) is 3.40. The quantitative estimate of drug-likeness (QED) is 0.751. The van der Waals surface area contributed by atoms with Crippen molar-refractivity contribution in [3.05, 3.63) is 76.1 Å².